The third kappa shape index (κ3) is 3.18. The van der Waals surface area contributed by atoms with Crippen molar-refractivity contribution < 1.29 is 23.4 Å². The molecule has 0 bridgehead atoms. The summed E-state index contributed by atoms with van der Waals surface area (Å²) in [5, 5.41) is 3.26. The van der Waals surface area contributed by atoms with Gasteiger partial charge in [0.15, 0.2) is 11.5 Å². The van der Waals surface area contributed by atoms with Gasteiger partial charge in [0.25, 0.3) is 5.91 Å². The molecule has 0 fully saturated rings. The molecule has 30 heavy (non-hydrogen) atoms. The van der Waals surface area contributed by atoms with Crippen molar-refractivity contribution in [3.63, 3.8) is 0 Å². The first-order chi connectivity index (χ1) is 14.6. The van der Waals surface area contributed by atoms with Gasteiger partial charge < -0.3 is 19.5 Å². The van der Waals surface area contributed by atoms with Crippen LogP contribution in [0.2, 0.25) is 0 Å². The number of hydrogen-bond donors (Lipinski definition) is 1. The Kier molecular flexibility index (Phi) is 5.18. The number of para-hydroxylation sites is 3. The number of benzene rings is 3. The van der Waals surface area contributed by atoms with E-state index in [2.05, 4.69) is 5.32 Å². The zero-order chi connectivity index (χ0) is 21.3. The highest BCUT2D eigenvalue weighted by molar-refractivity contribution is 6.10. The lowest BCUT2D eigenvalue weighted by molar-refractivity contribution is -0.119. The third-order valence-corrected chi connectivity index (χ3v) is 5.03. The summed E-state index contributed by atoms with van der Waals surface area (Å²) in [6.45, 7) is 0. The molecule has 154 valence electrons. The molecular formula is C23H21FN2O4. The molecule has 7 heteroatoms. The van der Waals surface area contributed by atoms with E-state index < -0.39 is 11.9 Å². The molecule has 6 nitrogen and oxygen atoms in total. The minimum atomic E-state index is -0.784. The Morgan fingerprint density at radius 1 is 0.867 bits per heavy atom. The Morgan fingerprint density at radius 2 is 1.47 bits per heavy atom. The second kappa shape index (κ2) is 7.94. The van der Waals surface area contributed by atoms with Crippen LogP contribution >= 0.6 is 0 Å². The quantitative estimate of drug-likeness (QED) is 0.664. The largest absolute Gasteiger partial charge is 0.493 e. The maximum Gasteiger partial charge on any atom is 0.258 e. The van der Waals surface area contributed by atoms with Crippen molar-refractivity contribution in [1.82, 2.24) is 0 Å². The fourth-order valence-electron chi connectivity index (χ4n) is 3.63. The average molecular weight is 408 g/mol. The van der Waals surface area contributed by atoms with E-state index in [0.717, 1.165) is 0 Å². The smallest absolute Gasteiger partial charge is 0.258 e. The Balaban J connectivity index is 1.87. The normalized spacial score (nSPS) is 15.3. The molecule has 1 amide bonds. The molecule has 0 saturated heterocycles. The summed E-state index contributed by atoms with van der Waals surface area (Å²) >= 11 is 0. The predicted molar refractivity (Wildman–Crippen MR) is 112 cm³/mol. The standard InChI is InChI=1S/C23H21FN2O4/c1-28-19-12-14(13-20(29-2)22(19)30-3)21-23(27)26(17-10-6-4-8-15(17)24)18-11-7-5-9-16(18)25-21/h4-13,21,25H,1-3H3. The van der Waals surface area contributed by atoms with Crippen LogP contribution in [0.25, 0.3) is 0 Å². The molecule has 1 N–H and O–H groups in total. The van der Waals surface area contributed by atoms with Gasteiger partial charge in [0.1, 0.15) is 11.9 Å². The van der Waals surface area contributed by atoms with Crippen LogP contribution < -0.4 is 24.4 Å². The fourth-order valence-corrected chi connectivity index (χ4v) is 3.63. The summed E-state index contributed by atoms with van der Waals surface area (Å²) in [5.74, 6) is 0.480. The number of nitrogens with one attached hydrogen (secondary N) is 1. The van der Waals surface area contributed by atoms with Crippen molar-refractivity contribution in [2.75, 3.05) is 31.5 Å². The number of ether oxygens (including phenoxy) is 3. The highest BCUT2D eigenvalue weighted by Gasteiger charge is 2.36. The SMILES string of the molecule is COc1cc(C2Nc3ccccc3N(c3ccccc3F)C2=O)cc(OC)c1OC. The van der Waals surface area contributed by atoms with Crippen LogP contribution in [0.3, 0.4) is 0 Å². The minimum absolute atomic E-state index is 0.189. The maximum absolute atomic E-state index is 14.6. The first-order valence-corrected chi connectivity index (χ1v) is 9.33. The van der Waals surface area contributed by atoms with Crippen LogP contribution in [-0.4, -0.2) is 27.2 Å². The van der Waals surface area contributed by atoms with Gasteiger partial charge in [-0.2, -0.15) is 0 Å². The molecule has 0 aliphatic carbocycles. The monoisotopic (exact) mass is 408 g/mol. The number of rotatable bonds is 5. The van der Waals surface area contributed by atoms with E-state index in [9.17, 15) is 9.18 Å². The Hall–Kier alpha value is -3.74. The van der Waals surface area contributed by atoms with Gasteiger partial charge in [0.2, 0.25) is 5.75 Å². The van der Waals surface area contributed by atoms with E-state index in [4.69, 9.17) is 14.2 Å². The van der Waals surface area contributed by atoms with E-state index >= 15 is 0 Å². The molecule has 1 heterocycles. The number of nitrogens with zero attached hydrogens (tertiary/aromatic N) is 1. The van der Waals surface area contributed by atoms with Crippen LogP contribution in [0, 0.1) is 5.82 Å². The van der Waals surface area contributed by atoms with Crippen molar-refractivity contribution in [2.24, 2.45) is 0 Å². The lowest BCUT2D eigenvalue weighted by Gasteiger charge is -2.36. The number of amides is 1. The molecule has 1 unspecified atom stereocenters. The number of fused-ring (bicyclic) bond motifs is 1. The first kappa shape index (κ1) is 19.6. The molecule has 0 aromatic heterocycles. The van der Waals surface area contributed by atoms with Crippen molar-refractivity contribution in [2.45, 2.75) is 6.04 Å². The van der Waals surface area contributed by atoms with E-state index in [0.29, 0.717) is 34.2 Å². The predicted octanol–water partition coefficient (Wildman–Crippen LogP) is 4.68. The fraction of sp³-hybridized carbons (Fsp3) is 0.174. The van der Waals surface area contributed by atoms with Gasteiger partial charge in [-0.15, -0.1) is 0 Å². The summed E-state index contributed by atoms with van der Waals surface area (Å²) in [4.78, 5) is 15.0. The van der Waals surface area contributed by atoms with Gasteiger partial charge >= 0.3 is 0 Å². The van der Waals surface area contributed by atoms with E-state index in [1.165, 1.54) is 32.3 Å². The third-order valence-electron chi connectivity index (χ3n) is 5.03. The molecule has 3 aromatic rings. The van der Waals surface area contributed by atoms with E-state index in [-0.39, 0.29) is 11.6 Å². The zero-order valence-electron chi connectivity index (χ0n) is 16.8. The second-order valence-electron chi connectivity index (χ2n) is 6.68. The molecule has 1 atom stereocenters. The number of hydrogen-bond acceptors (Lipinski definition) is 5. The van der Waals surface area contributed by atoms with Crippen molar-refractivity contribution in [1.29, 1.82) is 0 Å². The zero-order valence-corrected chi connectivity index (χ0v) is 16.8. The van der Waals surface area contributed by atoms with Crippen LogP contribution in [0.15, 0.2) is 60.7 Å². The molecule has 1 aliphatic heterocycles. The molecule has 0 radical (unpaired) electrons. The van der Waals surface area contributed by atoms with Gasteiger partial charge in [-0.3, -0.25) is 9.69 Å². The summed E-state index contributed by atoms with van der Waals surface area (Å²) in [5.41, 5.74) is 2.08. The molecule has 1 aliphatic rings. The summed E-state index contributed by atoms with van der Waals surface area (Å²) in [7, 11) is 4.54. The first-order valence-electron chi connectivity index (χ1n) is 9.33. The lowest BCUT2D eigenvalue weighted by atomic mass is 9.99. The van der Waals surface area contributed by atoms with Crippen LogP contribution in [0.5, 0.6) is 17.2 Å². The van der Waals surface area contributed by atoms with Gasteiger partial charge in [-0.05, 0) is 42.0 Å². The Morgan fingerprint density at radius 3 is 2.07 bits per heavy atom. The molecular weight excluding hydrogens is 387 g/mol. The molecule has 4 rings (SSSR count). The number of halogens is 1. The number of carbonyl (C=O) groups is 1. The summed E-state index contributed by atoms with van der Waals surface area (Å²) < 4.78 is 30.9. The highest BCUT2D eigenvalue weighted by Crippen LogP contribution is 2.45. The van der Waals surface area contributed by atoms with Crippen molar-refractivity contribution in [3.05, 3.63) is 72.0 Å². The minimum Gasteiger partial charge on any atom is -0.493 e. The summed E-state index contributed by atoms with van der Waals surface area (Å²) in [6, 6.07) is 16.1. The van der Waals surface area contributed by atoms with Crippen LogP contribution in [0.4, 0.5) is 21.5 Å². The number of anilines is 3. The van der Waals surface area contributed by atoms with Gasteiger partial charge in [-0.25, -0.2) is 4.39 Å². The van der Waals surface area contributed by atoms with Crippen molar-refractivity contribution in [3.8, 4) is 17.2 Å². The second-order valence-corrected chi connectivity index (χ2v) is 6.68. The lowest BCUT2D eigenvalue weighted by Crippen LogP contribution is -2.39. The molecule has 0 saturated carbocycles. The van der Waals surface area contributed by atoms with E-state index in [1.807, 2.05) is 12.1 Å². The number of methoxy groups -OCH3 is 3. The topological polar surface area (TPSA) is 60.0 Å². The van der Waals surface area contributed by atoms with Crippen molar-refractivity contribution >= 4 is 23.0 Å². The number of carbonyl (C=O) groups excluding carboxylic acids is 1. The maximum atomic E-state index is 14.6. The highest BCUT2D eigenvalue weighted by atomic mass is 19.1. The van der Waals surface area contributed by atoms with Gasteiger partial charge in [0.05, 0.1) is 38.4 Å². The Labute approximate surface area is 173 Å². The summed E-state index contributed by atoms with van der Waals surface area (Å²) in [6.07, 6.45) is 0. The van der Waals surface area contributed by atoms with E-state index in [1.54, 1.807) is 42.5 Å². The Bertz CT molecular complexity index is 1080. The average Bonchev–Trinajstić information content (AvgIpc) is 2.78. The molecule has 3 aromatic carbocycles. The van der Waals surface area contributed by atoms with Gasteiger partial charge in [-0.1, -0.05) is 24.3 Å². The van der Waals surface area contributed by atoms with Crippen LogP contribution in [0.1, 0.15) is 11.6 Å². The molecule has 0 spiro atoms. The van der Waals surface area contributed by atoms with Gasteiger partial charge in [0, 0.05) is 0 Å². The van der Waals surface area contributed by atoms with Crippen LogP contribution in [-0.2, 0) is 4.79 Å².